The quantitative estimate of drug-likeness (QED) is 0.886. The molecule has 132 valence electrons. The number of benzene rings is 1. The van der Waals surface area contributed by atoms with Crippen molar-refractivity contribution in [2.75, 3.05) is 32.1 Å². The second kappa shape index (κ2) is 8.32. The van der Waals surface area contributed by atoms with Crippen molar-refractivity contribution in [1.82, 2.24) is 9.88 Å². The van der Waals surface area contributed by atoms with Crippen molar-refractivity contribution in [3.05, 3.63) is 53.3 Å². The fraction of sp³-hybridized carbons (Fsp3) is 0.368. The number of anilines is 1. The molecule has 25 heavy (non-hydrogen) atoms. The molecule has 0 radical (unpaired) electrons. The van der Waals surface area contributed by atoms with Crippen LogP contribution in [0.1, 0.15) is 24.3 Å². The van der Waals surface area contributed by atoms with Gasteiger partial charge >= 0.3 is 0 Å². The second-order valence-corrected chi connectivity index (χ2v) is 6.66. The van der Waals surface area contributed by atoms with Gasteiger partial charge in [-0.15, -0.1) is 0 Å². The Bertz CT molecular complexity index is 724. The standard InChI is InChI=1S/C19H22ClN3O2/c1-25-18-5-4-16(11-17(18)20)22-19(24)13-23-10-2-3-15(12-23)14-6-8-21-9-7-14/h4-9,11,15H,2-3,10,12-13H2,1H3,(H,22,24). The normalized spacial score (nSPS) is 17.9. The van der Waals surface area contributed by atoms with Gasteiger partial charge in [-0.05, 0) is 61.2 Å². The van der Waals surface area contributed by atoms with E-state index in [0.29, 0.717) is 28.9 Å². The summed E-state index contributed by atoms with van der Waals surface area (Å²) in [6.07, 6.45) is 5.90. The van der Waals surface area contributed by atoms with Crippen LogP contribution in [-0.2, 0) is 4.79 Å². The highest BCUT2D eigenvalue weighted by atomic mass is 35.5. The van der Waals surface area contributed by atoms with Crippen LogP contribution in [0, 0.1) is 0 Å². The summed E-state index contributed by atoms with van der Waals surface area (Å²) in [5.41, 5.74) is 1.97. The van der Waals surface area contributed by atoms with Crippen molar-refractivity contribution in [1.29, 1.82) is 0 Å². The Morgan fingerprint density at radius 2 is 2.16 bits per heavy atom. The molecule has 0 saturated carbocycles. The highest BCUT2D eigenvalue weighted by Crippen LogP contribution is 2.28. The summed E-state index contributed by atoms with van der Waals surface area (Å²) in [6, 6.07) is 9.37. The number of nitrogens with zero attached hydrogens (tertiary/aromatic N) is 2. The predicted molar refractivity (Wildman–Crippen MR) is 99.3 cm³/mol. The molecule has 0 bridgehead atoms. The minimum atomic E-state index is -0.0309. The predicted octanol–water partition coefficient (Wildman–Crippen LogP) is 3.56. The number of pyridine rings is 1. The minimum Gasteiger partial charge on any atom is -0.495 e. The summed E-state index contributed by atoms with van der Waals surface area (Å²) in [5, 5.41) is 3.39. The Kier molecular flexibility index (Phi) is 5.89. The fourth-order valence-electron chi connectivity index (χ4n) is 3.25. The Labute approximate surface area is 153 Å². The molecule has 1 amide bonds. The molecule has 6 heteroatoms. The Balaban J connectivity index is 1.56. The summed E-state index contributed by atoms with van der Waals surface area (Å²) in [4.78, 5) is 18.6. The van der Waals surface area contributed by atoms with E-state index in [4.69, 9.17) is 16.3 Å². The first kappa shape index (κ1) is 17.7. The minimum absolute atomic E-state index is 0.0309. The van der Waals surface area contributed by atoms with Gasteiger partial charge in [0.1, 0.15) is 5.75 Å². The van der Waals surface area contributed by atoms with Crippen LogP contribution in [0.2, 0.25) is 5.02 Å². The summed E-state index contributed by atoms with van der Waals surface area (Å²) in [6.45, 7) is 2.21. The number of halogens is 1. The third kappa shape index (κ3) is 4.71. The molecule has 0 aliphatic carbocycles. The van der Waals surface area contributed by atoms with E-state index in [1.807, 2.05) is 12.4 Å². The van der Waals surface area contributed by atoms with Crippen LogP contribution < -0.4 is 10.1 Å². The Morgan fingerprint density at radius 1 is 1.36 bits per heavy atom. The first-order valence-electron chi connectivity index (χ1n) is 8.41. The van der Waals surface area contributed by atoms with Gasteiger partial charge in [0.2, 0.25) is 5.91 Å². The molecular weight excluding hydrogens is 338 g/mol. The molecule has 1 fully saturated rings. The largest absolute Gasteiger partial charge is 0.495 e. The van der Waals surface area contributed by atoms with E-state index in [2.05, 4.69) is 27.3 Å². The third-order valence-electron chi connectivity index (χ3n) is 4.49. The second-order valence-electron chi connectivity index (χ2n) is 6.25. The van der Waals surface area contributed by atoms with E-state index in [1.54, 1.807) is 25.3 Å². The number of likely N-dealkylation sites (tertiary alicyclic amines) is 1. The molecule has 0 spiro atoms. The van der Waals surface area contributed by atoms with Gasteiger partial charge in [0.25, 0.3) is 0 Å². The smallest absolute Gasteiger partial charge is 0.238 e. The molecule has 1 N–H and O–H groups in total. The Hall–Kier alpha value is -2.11. The zero-order chi connectivity index (χ0) is 17.6. The highest BCUT2D eigenvalue weighted by Gasteiger charge is 2.22. The number of carbonyl (C=O) groups excluding carboxylic acids is 1. The number of ether oxygens (including phenoxy) is 1. The van der Waals surface area contributed by atoms with Gasteiger partial charge in [-0.2, -0.15) is 0 Å². The lowest BCUT2D eigenvalue weighted by Gasteiger charge is -2.32. The van der Waals surface area contributed by atoms with Crippen LogP contribution in [0.25, 0.3) is 0 Å². The van der Waals surface area contributed by atoms with Crippen LogP contribution in [-0.4, -0.2) is 42.5 Å². The number of amides is 1. The van der Waals surface area contributed by atoms with Gasteiger partial charge in [-0.25, -0.2) is 0 Å². The first-order chi connectivity index (χ1) is 12.2. The summed E-state index contributed by atoms with van der Waals surface area (Å²) < 4.78 is 5.12. The molecule has 1 unspecified atom stereocenters. The number of piperidine rings is 1. The Morgan fingerprint density at radius 3 is 2.88 bits per heavy atom. The number of hydrogen-bond acceptors (Lipinski definition) is 4. The number of nitrogens with one attached hydrogen (secondary N) is 1. The molecule has 1 aromatic carbocycles. The average Bonchev–Trinajstić information content (AvgIpc) is 2.63. The average molecular weight is 360 g/mol. The van der Waals surface area contributed by atoms with E-state index in [-0.39, 0.29) is 5.91 Å². The van der Waals surface area contributed by atoms with Crippen molar-refractivity contribution in [3.63, 3.8) is 0 Å². The van der Waals surface area contributed by atoms with Gasteiger partial charge in [0, 0.05) is 24.6 Å². The number of methoxy groups -OCH3 is 1. The van der Waals surface area contributed by atoms with Crippen molar-refractivity contribution in [3.8, 4) is 5.75 Å². The lowest BCUT2D eigenvalue weighted by molar-refractivity contribution is -0.117. The molecule has 1 aliphatic rings. The molecule has 1 saturated heterocycles. The van der Waals surface area contributed by atoms with Crippen molar-refractivity contribution >= 4 is 23.2 Å². The zero-order valence-corrected chi connectivity index (χ0v) is 15.0. The maximum absolute atomic E-state index is 12.4. The van der Waals surface area contributed by atoms with Gasteiger partial charge in [0.15, 0.2) is 0 Å². The molecule has 2 aromatic rings. The molecule has 1 atom stereocenters. The van der Waals surface area contributed by atoms with Crippen LogP contribution in [0.3, 0.4) is 0 Å². The first-order valence-corrected chi connectivity index (χ1v) is 8.79. The molecule has 3 rings (SSSR count). The molecule has 1 aromatic heterocycles. The molecule has 2 heterocycles. The van der Waals surface area contributed by atoms with Gasteiger partial charge < -0.3 is 10.1 Å². The van der Waals surface area contributed by atoms with E-state index >= 15 is 0 Å². The summed E-state index contributed by atoms with van der Waals surface area (Å²) >= 11 is 6.10. The topological polar surface area (TPSA) is 54.5 Å². The van der Waals surface area contributed by atoms with Crippen LogP contribution in [0.5, 0.6) is 5.75 Å². The molecule has 1 aliphatic heterocycles. The number of aromatic nitrogens is 1. The van der Waals surface area contributed by atoms with Crippen molar-refractivity contribution < 1.29 is 9.53 Å². The van der Waals surface area contributed by atoms with Gasteiger partial charge in [-0.3, -0.25) is 14.7 Å². The SMILES string of the molecule is COc1ccc(NC(=O)CN2CCCC(c3ccncc3)C2)cc1Cl. The lowest BCUT2D eigenvalue weighted by atomic mass is 9.91. The maximum Gasteiger partial charge on any atom is 0.238 e. The number of carbonyl (C=O) groups is 1. The monoisotopic (exact) mass is 359 g/mol. The van der Waals surface area contributed by atoms with Crippen molar-refractivity contribution in [2.45, 2.75) is 18.8 Å². The zero-order valence-electron chi connectivity index (χ0n) is 14.2. The van der Waals surface area contributed by atoms with Gasteiger partial charge in [0.05, 0.1) is 18.7 Å². The lowest BCUT2D eigenvalue weighted by Crippen LogP contribution is -2.39. The number of hydrogen-bond donors (Lipinski definition) is 1. The molecule has 5 nitrogen and oxygen atoms in total. The van der Waals surface area contributed by atoms with E-state index in [0.717, 1.165) is 25.9 Å². The van der Waals surface area contributed by atoms with Crippen LogP contribution in [0.4, 0.5) is 5.69 Å². The van der Waals surface area contributed by atoms with Gasteiger partial charge in [-0.1, -0.05) is 11.6 Å². The highest BCUT2D eigenvalue weighted by molar-refractivity contribution is 6.32. The van der Waals surface area contributed by atoms with E-state index in [9.17, 15) is 4.79 Å². The van der Waals surface area contributed by atoms with E-state index in [1.165, 1.54) is 5.56 Å². The third-order valence-corrected chi connectivity index (χ3v) is 4.78. The fourth-order valence-corrected chi connectivity index (χ4v) is 3.51. The summed E-state index contributed by atoms with van der Waals surface area (Å²) in [7, 11) is 1.56. The maximum atomic E-state index is 12.4. The molecular formula is C19H22ClN3O2. The van der Waals surface area contributed by atoms with Crippen molar-refractivity contribution in [2.24, 2.45) is 0 Å². The summed E-state index contributed by atoms with van der Waals surface area (Å²) in [5.74, 6) is 1.02. The van der Waals surface area contributed by atoms with Crippen LogP contribution >= 0.6 is 11.6 Å². The van der Waals surface area contributed by atoms with E-state index < -0.39 is 0 Å². The number of rotatable bonds is 5. The van der Waals surface area contributed by atoms with Crippen LogP contribution in [0.15, 0.2) is 42.7 Å².